The van der Waals surface area contributed by atoms with Crippen LogP contribution >= 0.6 is 11.3 Å². The quantitative estimate of drug-likeness (QED) is 0.890. The second-order valence-corrected chi connectivity index (χ2v) is 6.26. The monoisotopic (exact) mass is 314 g/mol. The molecule has 1 N–H and O–H groups in total. The molecule has 0 radical (unpaired) electrons. The Morgan fingerprint density at radius 3 is 2.57 bits per heavy atom. The third kappa shape index (κ3) is 4.04. The highest BCUT2D eigenvalue weighted by molar-refractivity contribution is 7.11. The molecule has 0 aliphatic carbocycles. The van der Waals surface area contributed by atoms with Crippen molar-refractivity contribution >= 4 is 11.3 Å². The van der Waals surface area contributed by atoms with Crippen LogP contribution in [0.1, 0.15) is 39.7 Å². The predicted octanol–water partition coefficient (Wildman–Crippen LogP) is 4.63. The predicted molar refractivity (Wildman–Crippen MR) is 78.3 cm³/mol. The molecular formula is C15H17F3N2S. The van der Waals surface area contributed by atoms with Gasteiger partial charge in [0.05, 0.1) is 16.3 Å². The highest BCUT2D eigenvalue weighted by Crippen LogP contribution is 2.30. The van der Waals surface area contributed by atoms with Crippen molar-refractivity contribution in [1.82, 2.24) is 10.3 Å². The fourth-order valence-corrected chi connectivity index (χ4v) is 2.97. The molecule has 21 heavy (non-hydrogen) atoms. The lowest BCUT2D eigenvalue weighted by Crippen LogP contribution is -2.18. The van der Waals surface area contributed by atoms with Crippen LogP contribution in [0.25, 0.3) is 0 Å². The van der Waals surface area contributed by atoms with Crippen molar-refractivity contribution in [3.63, 3.8) is 0 Å². The highest BCUT2D eigenvalue weighted by atomic mass is 32.1. The molecule has 0 amide bonds. The maximum absolute atomic E-state index is 12.7. The number of benzene rings is 1. The fraction of sp³-hybridized carbons (Fsp3) is 0.400. The average Bonchev–Trinajstić information content (AvgIpc) is 2.73. The molecule has 0 spiro atoms. The van der Waals surface area contributed by atoms with Gasteiger partial charge in [0.15, 0.2) is 0 Å². The number of nitrogens with zero attached hydrogens (tertiary/aromatic N) is 1. The van der Waals surface area contributed by atoms with E-state index >= 15 is 0 Å². The number of nitrogens with one attached hydrogen (secondary N) is 1. The summed E-state index contributed by atoms with van der Waals surface area (Å²) < 4.78 is 38.1. The van der Waals surface area contributed by atoms with Crippen molar-refractivity contribution in [3.8, 4) is 0 Å². The zero-order valence-electron chi connectivity index (χ0n) is 12.1. The van der Waals surface area contributed by atoms with E-state index in [9.17, 15) is 13.2 Å². The summed E-state index contributed by atoms with van der Waals surface area (Å²) in [4.78, 5) is 5.45. The van der Waals surface area contributed by atoms with Gasteiger partial charge in [0.2, 0.25) is 0 Å². The second-order valence-electron chi connectivity index (χ2n) is 4.97. The lowest BCUT2D eigenvalue weighted by molar-refractivity contribution is -0.137. The summed E-state index contributed by atoms with van der Waals surface area (Å²) in [5, 5.41) is 4.25. The van der Waals surface area contributed by atoms with Crippen LogP contribution in [-0.2, 0) is 12.7 Å². The molecule has 0 bridgehead atoms. The lowest BCUT2D eigenvalue weighted by Gasteiger charge is -2.16. The molecule has 1 heterocycles. The maximum Gasteiger partial charge on any atom is 0.416 e. The molecule has 1 aromatic heterocycles. The topological polar surface area (TPSA) is 24.9 Å². The molecule has 1 unspecified atom stereocenters. The minimum absolute atomic E-state index is 0.158. The van der Waals surface area contributed by atoms with Gasteiger partial charge < -0.3 is 5.32 Å². The molecule has 0 fully saturated rings. The summed E-state index contributed by atoms with van der Waals surface area (Å²) in [7, 11) is 0. The van der Waals surface area contributed by atoms with Crippen LogP contribution < -0.4 is 5.32 Å². The summed E-state index contributed by atoms with van der Waals surface area (Å²) in [5.74, 6) is 0. The molecule has 1 atom stereocenters. The van der Waals surface area contributed by atoms with Crippen LogP contribution in [0.4, 0.5) is 13.2 Å². The van der Waals surface area contributed by atoms with Crippen molar-refractivity contribution in [1.29, 1.82) is 0 Å². The zero-order chi connectivity index (χ0) is 15.6. The van der Waals surface area contributed by atoms with Crippen molar-refractivity contribution in [3.05, 3.63) is 51.0 Å². The number of aryl methyl sites for hydroxylation is 2. The molecule has 0 aliphatic heterocycles. The Kier molecular flexibility index (Phi) is 4.68. The largest absolute Gasteiger partial charge is 0.416 e. The van der Waals surface area contributed by atoms with E-state index in [1.807, 2.05) is 20.8 Å². The fourth-order valence-electron chi connectivity index (χ4n) is 2.09. The normalized spacial score (nSPS) is 13.4. The van der Waals surface area contributed by atoms with Crippen LogP contribution in [0.5, 0.6) is 0 Å². The first-order chi connectivity index (χ1) is 9.77. The van der Waals surface area contributed by atoms with Gasteiger partial charge in [-0.3, -0.25) is 0 Å². The number of rotatable bonds is 4. The number of halogens is 3. The Morgan fingerprint density at radius 2 is 2.00 bits per heavy atom. The van der Waals surface area contributed by atoms with E-state index in [0.717, 1.165) is 21.6 Å². The van der Waals surface area contributed by atoms with Gasteiger partial charge in [-0.25, -0.2) is 4.98 Å². The maximum atomic E-state index is 12.7. The van der Waals surface area contributed by atoms with Gasteiger partial charge in [-0.2, -0.15) is 13.2 Å². The standard InChI is InChI=1S/C15H17F3N2S/c1-9(19-8-14-10(2)20-11(3)21-14)12-5-4-6-13(7-12)15(16,17)18/h4-7,9,19H,8H2,1-3H3. The molecule has 2 nitrogen and oxygen atoms in total. The first-order valence-electron chi connectivity index (χ1n) is 6.61. The second kappa shape index (κ2) is 6.15. The number of hydrogen-bond donors (Lipinski definition) is 1. The van der Waals surface area contributed by atoms with Crippen LogP contribution in [0.2, 0.25) is 0 Å². The van der Waals surface area contributed by atoms with Gasteiger partial charge in [0, 0.05) is 17.5 Å². The Morgan fingerprint density at radius 1 is 1.29 bits per heavy atom. The summed E-state index contributed by atoms with van der Waals surface area (Å²) in [6.45, 7) is 6.35. The van der Waals surface area contributed by atoms with Gasteiger partial charge in [-0.05, 0) is 38.5 Å². The van der Waals surface area contributed by atoms with E-state index in [2.05, 4.69) is 10.3 Å². The Balaban J connectivity index is 2.07. The summed E-state index contributed by atoms with van der Waals surface area (Å²) >= 11 is 1.61. The zero-order valence-corrected chi connectivity index (χ0v) is 12.9. The number of thiazole rings is 1. The van der Waals surface area contributed by atoms with E-state index in [-0.39, 0.29) is 6.04 Å². The van der Waals surface area contributed by atoms with E-state index < -0.39 is 11.7 Å². The first kappa shape index (κ1) is 16.0. The van der Waals surface area contributed by atoms with Gasteiger partial charge in [-0.1, -0.05) is 12.1 Å². The Hall–Kier alpha value is -1.40. The van der Waals surface area contributed by atoms with Crippen molar-refractivity contribution in [2.75, 3.05) is 0 Å². The number of alkyl halides is 3. The van der Waals surface area contributed by atoms with E-state index in [0.29, 0.717) is 12.1 Å². The molecule has 1 aromatic carbocycles. The summed E-state index contributed by atoms with van der Waals surface area (Å²) in [5.41, 5.74) is 0.989. The van der Waals surface area contributed by atoms with Crippen molar-refractivity contribution < 1.29 is 13.2 Å². The Bertz CT molecular complexity index is 620. The van der Waals surface area contributed by atoms with Crippen LogP contribution in [0.3, 0.4) is 0 Å². The molecule has 0 saturated carbocycles. The lowest BCUT2D eigenvalue weighted by atomic mass is 10.0. The molecule has 114 valence electrons. The van der Waals surface area contributed by atoms with Crippen LogP contribution in [0, 0.1) is 13.8 Å². The first-order valence-corrected chi connectivity index (χ1v) is 7.42. The van der Waals surface area contributed by atoms with Gasteiger partial charge in [-0.15, -0.1) is 11.3 Å². The number of aromatic nitrogens is 1. The smallest absolute Gasteiger partial charge is 0.305 e. The van der Waals surface area contributed by atoms with Gasteiger partial charge in [0.25, 0.3) is 0 Å². The van der Waals surface area contributed by atoms with E-state index in [1.54, 1.807) is 17.4 Å². The molecule has 0 aliphatic rings. The molecule has 6 heteroatoms. The van der Waals surface area contributed by atoms with E-state index in [4.69, 9.17) is 0 Å². The van der Waals surface area contributed by atoms with E-state index in [1.165, 1.54) is 12.1 Å². The van der Waals surface area contributed by atoms with Crippen LogP contribution in [-0.4, -0.2) is 4.98 Å². The Labute approximate surface area is 126 Å². The summed E-state index contributed by atoms with van der Waals surface area (Å²) in [6.07, 6.45) is -4.30. The minimum atomic E-state index is -4.30. The number of hydrogen-bond acceptors (Lipinski definition) is 3. The molecule has 2 aromatic rings. The molecule has 0 saturated heterocycles. The van der Waals surface area contributed by atoms with Crippen LogP contribution in [0.15, 0.2) is 24.3 Å². The third-order valence-electron chi connectivity index (χ3n) is 3.28. The average molecular weight is 314 g/mol. The highest BCUT2D eigenvalue weighted by Gasteiger charge is 2.30. The third-order valence-corrected chi connectivity index (χ3v) is 4.36. The minimum Gasteiger partial charge on any atom is -0.305 e. The van der Waals surface area contributed by atoms with Crippen molar-refractivity contribution in [2.24, 2.45) is 0 Å². The SMILES string of the molecule is Cc1nc(C)c(CNC(C)c2cccc(C(F)(F)F)c2)s1. The van der Waals surface area contributed by atoms with Gasteiger partial charge >= 0.3 is 6.18 Å². The van der Waals surface area contributed by atoms with Crippen molar-refractivity contribution in [2.45, 2.75) is 39.5 Å². The summed E-state index contributed by atoms with van der Waals surface area (Å²) in [6, 6.07) is 5.28. The molecule has 2 rings (SSSR count). The molecular weight excluding hydrogens is 297 g/mol. The van der Waals surface area contributed by atoms with Gasteiger partial charge in [0.1, 0.15) is 0 Å².